The van der Waals surface area contributed by atoms with Crippen molar-refractivity contribution in [3.63, 3.8) is 0 Å². The molecule has 6 nitrogen and oxygen atoms in total. The molecule has 2 aromatic heterocycles. The number of hydrogen-bond donors (Lipinski definition) is 0. The van der Waals surface area contributed by atoms with Gasteiger partial charge in [0.05, 0.1) is 24.5 Å². The van der Waals surface area contributed by atoms with Gasteiger partial charge in [-0.2, -0.15) is 0 Å². The molecular weight excluding hydrogens is 279 g/mol. The fourth-order valence-electron chi connectivity index (χ4n) is 3.22. The van der Waals surface area contributed by atoms with Crippen LogP contribution in [0.4, 0.5) is 15.5 Å². The second-order valence-corrected chi connectivity index (χ2v) is 5.83. The van der Waals surface area contributed by atoms with Crippen LogP contribution in [0.2, 0.25) is 0 Å². The molecule has 0 spiro atoms. The average Bonchev–Trinajstić information content (AvgIpc) is 3.16. The van der Waals surface area contributed by atoms with E-state index in [1.54, 1.807) is 16.8 Å². The van der Waals surface area contributed by atoms with Crippen molar-refractivity contribution in [3.8, 4) is 0 Å². The minimum absolute atomic E-state index is 0.379. The molecule has 0 saturated carbocycles. The topological polar surface area (TPSA) is 58.0 Å². The van der Waals surface area contributed by atoms with E-state index in [2.05, 4.69) is 30.0 Å². The van der Waals surface area contributed by atoms with Crippen LogP contribution in [0.3, 0.4) is 0 Å². The van der Waals surface area contributed by atoms with Crippen LogP contribution in [0, 0.1) is 5.82 Å². The molecule has 20 heavy (non-hydrogen) atoms. The summed E-state index contributed by atoms with van der Waals surface area (Å²) in [4.78, 5) is 12.7. The summed E-state index contributed by atoms with van der Waals surface area (Å²) < 4.78 is 12.9. The number of rotatable bonds is 2. The van der Waals surface area contributed by atoms with Crippen LogP contribution in [-0.2, 0) is 0 Å². The molecule has 2 fully saturated rings. The number of fused-ring (bicyclic) bond motifs is 1. The third kappa shape index (κ3) is 1.82. The molecule has 0 N–H and O–H groups in total. The Bertz CT molecular complexity index is 589. The Labute approximate surface area is 119 Å². The van der Waals surface area contributed by atoms with E-state index in [0.29, 0.717) is 18.0 Å². The first kappa shape index (κ1) is 12.0. The van der Waals surface area contributed by atoms with Crippen molar-refractivity contribution in [1.82, 2.24) is 20.2 Å². The van der Waals surface area contributed by atoms with E-state index < -0.39 is 5.82 Å². The van der Waals surface area contributed by atoms with Crippen LogP contribution >= 0.6 is 11.3 Å². The normalized spacial score (nSPS) is 25.2. The highest BCUT2D eigenvalue weighted by Gasteiger charge is 2.44. The van der Waals surface area contributed by atoms with Crippen molar-refractivity contribution in [2.24, 2.45) is 0 Å². The van der Waals surface area contributed by atoms with Crippen molar-refractivity contribution in [3.05, 3.63) is 23.7 Å². The zero-order valence-corrected chi connectivity index (χ0v) is 11.5. The van der Waals surface area contributed by atoms with Gasteiger partial charge in [0, 0.05) is 13.1 Å². The number of nitrogens with zero attached hydrogens (tertiary/aromatic N) is 6. The van der Waals surface area contributed by atoms with E-state index in [1.165, 1.54) is 12.4 Å². The summed E-state index contributed by atoms with van der Waals surface area (Å²) in [6, 6.07) is 0.806. The molecule has 0 aromatic carbocycles. The molecule has 0 unspecified atom stereocenters. The highest BCUT2D eigenvalue weighted by molar-refractivity contribution is 7.13. The van der Waals surface area contributed by atoms with Gasteiger partial charge < -0.3 is 9.80 Å². The number of anilines is 2. The van der Waals surface area contributed by atoms with Crippen LogP contribution in [0.5, 0.6) is 0 Å². The second-order valence-electron chi connectivity index (χ2n) is 5.02. The molecule has 4 rings (SSSR count). The van der Waals surface area contributed by atoms with E-state index in [9.17, 15) is 4.39 Å². The van der Waals surface area contributed by atoms with E-state index >= 15 is 0 Å². The van der Waals surface area contributed by atoms with Gasteiger partial charge in [-0.05, 0) is 12.8 Å². The lowest BCUT2D eigenvalue weighted by molar-refractivity contribution is 0.604. The molecule has 2 aliphatic rings. The molecule has 0 bridgehead atoms. The zero-order valence-electron chi connectivity index (χ0n) is 10.7. The number of aromatic nitrogens is 4. The molecule has 2 atom stereocenters. The summed E-state index contributed by atoms with van der Waals surface area (Å²) in [6.45, 7) is 1.87. The molecule has 0 amide bonds. The highest BCUT2D eigenvalue weighted by atomic mass is 32.1. The Kier molecular flexibility index (Phi) is 2.76. The Morgan fingerprint density at radius 3 is 2.50 bits per heavy atom. The van der Waals surface area contributed by atoms with Crippen LogP contribution < -0.4 is 9.80 Å². The molecule has 104 valence electrons. The van der Waals surface area contributed by atoms with Gasteiger partial charge in [-0.1, -0.05) is 11.3 Å². The summed E-state index contributed by atoms with van der Waals surface area (Å²) >= 11 is 1.57. The molecule has 2 aromatic rings. The fourth-order valence-corrected chi connectivity index (χ4v) is 3.86. The Hall–Kier alpha value is -1.83. The maximum atomic E-state index is 12.9. The number of halogens is 1. The maximum Gasteiger partial charge on any atom is 0.225 e. The monoisotopic (exact) mass is 292 g/mol. The SMILES string of the molecule is Fc1cnc(N2CC[C@H]3[C@H]2CCN3c2nncs2)nc1. The Balaban J connectivity index is 1.58. The van der Waals surface area contributed by atoms with Gasteiger partial charge in [-0.25, -0.2) is 14.4 Å². The van der Waals surface area contributed by atoms with Gasteiger partial charge in [0.1, 0.15) is 5.51 Å². The van der Waals surface area contributed by atoms with Crippen molar-refractivity contribution in [2.75, 3.05) is 22.9 Å². The van der Waals surface area contributed by atoms with E-state index in [0.717, 1.165) is 31.1 Å². The summed E-state index contributed by atoms with van der Waals surface area (Å²) in [5, 5.41) is 9.06. The van der Waals surface area contributed by atoms with Crippen molar-refractivity contribution in [2.45, 2.75) is 24.9 Å². The molecule has 2 saturated heterocycles. The van der Waals surface area contributed by atoms with Crippen molar-refractivity contribution >= 4 is 22.4 Å². The lowest BCUT2D eigenvalue weighted by Crippen LogP contribution is -2.37. The van der Waals surface area contributed by atoms with Crippen LogP contribution in [0.1, 0.15) is 12.8 Å². The summed E-state index contributed by atoms with van der Waals surface area (Å²) in [7, 11) is 0. The Morgan fingerprint density at radius 1 is 1.10 bits per heavy atom. The van der Waals surface area contributed by atoms with Gasteiger partial charge >= 0.3 is 0 Å². The van der Waals surface area contributed by atoms with Crippen LogP contribution in [0.25, 0.3) is 0 Å². The molecule has 2 aliphatic heterocycles. The first-order valence-corrected chi connectivity index (χ1v) is 7.48. The fraction of sp³-hybridized carbons (Fsp3) is 0.500. The highest BCUT2D eigenvalue weighted by Crippen LogP contribution is 2.36. The van der Waals surface area contributed by atoms with E-state index in [-0.39, 0.29) is 0 Å². The standard InChI is InChI=1S/C12H13FN6S/c13-8-5-14-11(15-6-8)18-3-1-10-9(18)2-4-19(10)12-17-16-7-20-12/h5-7,9-10H,1-4H2/t9-,10+/m1/s1. The maximum absolute atomic E-state index is 12.9. The average molecular weight is 292 g/mol. The minimum atomic E-state index is -0.397. The predicted octanol–water partition coefficient (Wildman–Crippen LogP) is 1.32. The Morgan fingerprint density at radius 2 is 1.80 bits per heavy atom. The van der Waals surface area contributed by atoms with E-state index in [4.69, 9.17) is 0 Å². The third-order valence-electron chi connectivity index (χ3n) is 4.03. The summed E-state index contributed by atoms with van der Waals surface area (Å²) in [6.07, 6.45) is 4.55. The molecule has 4 heterocycles. The molecular formula is C12H13FN6S. The zero-order chi connectivity index (χ0) is 13.5. The van der Waals surface area contributed by atoms with Gasteiger partial charge in [0.25, 0.3) is 0 Å². The largest absolute Gasteiger partial charge is 0.341 e. The first-order valence-electron chi connectivity index (χ1n) is 6.60. The summed E-state index contributed by atoms with van der Waals surface area (Å²) in [5.74, 6) is 0.226. The van der Waals surface area contributed by atoms with Gasteiger partial charge in [-0.15, -0.1) is 10.2 Å². The lowest BCUT2D eigenvalue weighted by atomic mass is 10.1. The molecule has 0 radical (unpaired) electrons. The quantitative estimate of drug-likeness (QED) is 0.832. The van der Waals surface area contributed by atoms with Crippen molar-refractivity contribution in [1.29, 1.82) is 0 Å². The third-order valence-corrected chi connectivity index (χ3v) is 4.76. The first-order chi connectivity index (χ1) is 9.83. The smallest absolute Gasteiger partial charge is 0.225 e. The predicted molar refractivity (Wildman–Crippen MR) is 73.4 cm³/mol. The van der Waals surface area contributed by atoms with Crippen LogP contribution in [0.15, 0.2) is 17.9 Å². The second kappa shape index (κ2) is 4.62. The van der Waals surface area contributed by atoms with E-state index in [1.807, 2.05) is 0 Å². The van der Waals surface area contributed by atoms with Crippen molar-refractivity contribution < 1.29 is 4.39 Å². The molecule has 0 aliphatic carbocycles. The van der Waals surface area contributed by atoms with Crippen LogP contribution in [-0.4, -0.2) is 45.3 Å². The summed E-state index contributed by atoms with van der Waals surface area (Å²) in [5.41, 5.74) is 1.76. The van der Waals surface area contributed by atoms with Gasteiger partial charge in [0.2, 0.25) is 11.1 Å². The molecule has 8 heteroatoms. The van der Waals surface area contributed by atoms with Gasteiger partial charge in [-0.3, -0.25) is 0 Å². The lowest BCUT2D eigenvalue weighted by Gasteiger charge is -2.24. The number of hydrogen-bond acceptors (Lipinski definition) is 7. The minimum Gasteiger partial charge on any atom is -0.341 e. The van der Waals surface area contributed by atoms with Gasteiger partial charge in [0.15, 0.2) is 5.82 Å².